The number of likely N-dealkylation sites (tertiary alicyclic amines) is 1. The third-order valence-electron chi connectivity index (χ3n) is 5.57. The van der Waals surface area contributed by atoms with Crippen LogP contribution in [0.25, 0.3) is 0 Å². The molecular weight excluding hydrogens is 322 g/mol. The van der Waals surface area contributed by atoms with Crippen molar-refractivity contribution in [3.63, 3.8) is 0 Å². The van der Waals surface area contributed by atoms with E-state index in [4.69, 9.17) is 4.74 Å². The first-order valence-corrected chi connectivity index (χ1v) is 9.14. The average molecular weight is 347 g/mol. The fourth-order valence-electron chi connectivity index (χ4n) is 3.68. The number of aromatic nitrogens is 2. The molecule has 3 amide bonds. The Bertz CT molecular complexity index is 610. The summed E-state index contributed by atoms with van der Waals surface area (Å²) in [7, 11) is 0. The molecule has 1 aromatic heterocycles. The Kier molecular flexibility index (Phi) is 4.61. The SMILES string of the molecule is O=C(NC1CN(C(=O)NC[C@@H]2CCO[C@H]2c2cn[nH]c2)C1)C1CCC1. The van der Waals surface area contributed by atoms with Gasteiger partial charge in [-0.25, -0.2) is 4.79 Å². The van der Waals surface area contributed by atoms with Gasteiger partial charge in [-0.15, -0.1) is 0 Å². The monoisotopic (exact) mass is 347 g/mol. The van der Waals surface area contributed by atoms with E-state index in [9.17, 15) is 9.59 Å². The van der Waals surface area contributed by atoms with Crippen LogP contribution in [-0.4, -0.2) is 59.3 Å². The van der Waals surface area contributed by atoms with Crippen LogP contribution in [-0.2, 0) is 9.53 Å². The van der Waals surface area contributed by atoms with Gasteiger partial charge in [-0.05, 0) is 19.3 Å². The predicted molar refractivity (Wildman–Crippen MR) is 89.6 cm³/mol. The van der Waals surface area contributed by atoms with Crippen molar-refractivity contribution in [2.24, 2.45) is 11.8 Å². The number of urea groups is 1. The second-order valence-electron chi connectivity index (χ2n) is 7.30. The van der Waals surface area contributed by atoms with Crippen molar-refractivity contribution in [3.8, 4) is 0 Å². The van der Waals surface area contributed by atoms with Crippen molar-refractivity contribution >= 4 is 11.9 Å². The molecule has 136 valence electrons. The molecule has 0 aromatic carbocycles. The molecule has 3 aliphatic rings. The van der Waals surface area contributed by atoms with E-state index in [0.717, 1.165) is 31.2 Å². The van der Waals surface area contributed by atoms with Gasteiger partial charge in [0.15, 0.2) is 0 Å². The summed E-state index contributed by atoms with van der Waals surface area (Å²) >= 11 is 0. The molecule has 4 rings (SSSR count). The highest BCUT2D eigenvalue weighted by Crippen LogP contribution is 2.33. The summed E-state index contributed by atoms with van der Waals surface area (Å²) in [4.78, 5) is 25.9. The number of hydrogen-bond donors (Lipinski definition) is 3. The Hall–Kier alpha value is -2.09. The van der Waals surface area contributed by atoms with E-state index < -0.39 is 0 Å². The number of nitrogens with one attached hydrogen (secondary N) is 3. The molecule has 0 spiro atoms. The lowest BCUT2D eigenvalue weighted by molar-refractivity contribution is -0.129. The van der Waals surface area contributed by atoms with Crippen LogP contribution in [0.1, 0.15) is 37.4 Å². The van der Waals surface area contributed by atoms with Gasteiger partial charge in [0, 0.05) is 49.8 Å². The molecule has 1 aromatic rings. The quantitative estimate of drug-likeness (QED) is 0.733. The molecule has 0 unspecified atom stereocenters. The maximum absolute atomic E-state index is 12.3. The Morgan fingerprint density at radius 1 is 1.32 bits per heavy atom. The van der Waals surface area contributed by atoms with Gasteiger partial charge in [-0.3, -0.25) is 9.89 Å². The molecule has 2 saturated heterocycles. The highest BCUT2D eigenvalue weighted by Gasteiger charge is 2.35. The minimum Gasteiger partial charge on any atom is -0.373 e. The number of carbonyl (C=O) groups excluding carboxylic acids is 2. The van der Waals surface area contributed by atoms with Gasteiger partial charge in [0.1, 0.15) is 0 Å². The lowest BCUT2D eigenvalue weighted by Gasteiger charge is -2.40. The van der Waals surface area contributed by atoms with Gasteiger partial charge in [0.2, 0.25) is 5.91 Å². The number of carbonyl (C=O) groups is 2. The first-order chi connectivity index (χ1) is 12.2. The zero-order valence-electron chi connectivity index (χ0n) is 14.2. The van der Waals surface area contributed by atoms with Crippen molar-refractivity contribution in [2.75, 3.05) is 26.2 Å². The lowest BCUT2D eigenvalue weighted by Crippen LogP contribution is -2.63. The maximum atomic E-state index is 12.3. The summed E-state index contributed by atoms with van der Waals surface area (Å²) in [6.07, 6.45) is 7.70. The number of hydrogen-bond acceptors (Lipinski definition) is 4. The molecule has 3 heterocycles. The normalized spacial score (nSPS) is 26.8. The Labute approximate surface area is 146 Å². The van der Waals surface area contributed by atoms with Crippen LogP contribution in [0.5, 0.6) is 0 Å². The van der Waals surface area contributed by atoms with E-state index >= 15 is 0 Å². The molecule has 1 saturated carbocycles. The first kappa shape index (κ1) is 16.4. The standard InChI is InChI=1S/C17H25N5O3/c23-16(11-2-1-3-11)21-14-9-22(10-14)17(24)18-6-12-4-5-25-15(12)13-7-19-20-8-13/h7-8,11-12,14-15H,1-6,9-10H2,(H,18,24)(H,19,20)(H,21,23)/t12-,15+/m0/s1. The topological polar surface area (TPSA) is 99.3 Å². The first-order valence-electron chi connectivity index (χ1n) is 9.14. The second-order valence-corrected chi connectivity index (χ2v) is 7.30. The fraction of sp³-hybridized carbons (Fsp3) is 0.706. The number of amides is 3. The van der Waals surface area contributed by atoms with Crippen LogP contribution in [0.4, 0.5) is 4.79 Å². The smallest absolute Gasteiger partial charge is 0.317 e. The van der Waals surface area contributed by atoms with E-state index in [-0.39, 0.29) is 35.9 Å². The summed E-state index contributed by atoms with van der Waals surface area (Å²) in [6.45, 7) is 2.48. The third kappa shape index (κ3) is 3.49. The van der Waals surface area contributed by atoms with Gasteiger partial charge in [0.25, 0.3) is 0 Å². The Morgan fingerprint density at radius 2 is 2.16 bits per heavy atom. The van der Waals surface area contributed by atoms with Crippen LogP contribution >= 0.6 is 0 Å². The van der Waals surface area contributed by atoms with E-state index in [0.29, 0.717) is 26.2 Å². The van der Waals surface area contributed by atoms with Crippen LogP contribution in [0, 0.1) is 11.8 Å². The molecule has 0 bridgehead atoms. The molecule has 2 atom stereocenters. The number of nitrogens with zero attached hydrogens (tertiary/aromatic N) is 2. The lowest BCUT2D eigenvalue weighted by atomic mass is 9.84. The van der Waals surface area contributed by atoms with Crippen LogP contribution in [0.2, 0.25) is 0 Å². The minimum atomic E-state index is -0.0630. The fourth-order valence-corrected chi connectivity index (χ4v) is 3.68. The van der Waals surface area contributed by atoms with E-state index in [1.54, 1.807) is 11.1 Å². The second kappa shape index (κ2) is 7.03. The van der Waals surface area contributed by atoms with E-state index in [1.165, 1.54) is 0 Å². The number of H-pyrrole nitrogens is 1. The molecule has 2 aliphatic heterocycles. The van der Waals surface area contributed by atoms with Gasteiger partial charge < -0.3 is 20.3 Å². The molecule has 3 N–H and O–H groups in total. The number of ether oxygens (including phenoxy) is 1. The summed E-state index contributed by atoms with van der Waals surface area (Å²) in [5.74, 6) is 0.615. The van der Waals surface area contributed by atoms with Gasteiger partial charge >= 0.3 is 6.03 Å². The van der Waals surface area contributed by atoms with Gasteiger partial charge in [-0.1, -0.05) is 6.42 Å². The Morgan fingerprint density at radius 3 is 2.84 bits per heavy atom. The third-order valence-corrected chi connectivity index (χ3v) is 5.57. The maximum Gasteiger partial charge on any atom is 0.317 e. The summed E-state index contributed by atoms with van der Waals surface area (Å²) in [5, 5.41) is 12.8. The number of aromatic amines is 1. The van der Waals surface area contributed by atoms with Crippen molar-refractivity contribution in [1.29, 1.82) is 0 Å². The highest BCUT2D eigenvalue weighted by atomic mass is 16.5. The van der Waals surface area contributed by atoms with Crippen molar-refractivity contribution in [1.82, 2.24) is 25.7 Å². The van der Waals surface area contributed by atoms with Crippen molar-refractivity contribution in [3.05, 3.63) is 18.0 Å². The molecular formula is C17H25N5O3. The van der Waals surface area contributed by atoms with Gasteiger partial charge in [-0.2, -0.15) is 5.10 Å². The minimum absolute atomic E-state index is 0.00930. The predicted octanol–water partition coefficient (Wildman–Crippen LogP) is 0.797. The summed E-state index contributed by atoms with van der Waals surface area (Å²) in [6, 6.07) is 0.0410. The zero-order valence-corrected chi connectivity index (χ0v) is 14.2. The van der Waals surface area contributed by atoms with Crippen molar-refractivity contribution in [2.45, 2.75) is 37.8 Å². The molecule has 3 fully saturated rings. The molecule has 8 nitrogen and oxygen atoms in total. The molecule has 8 heteroatoms. The molecule has 0 radical (unpaired) electrons. The summed E-state index contributed by atoms with van der Waals surface area (Å²) in [5.41, 5.74) is 1.03. The highest BCUT2D eigenvalue weighted by molar-refractivity contribution is 5.80. The van der Waals surface area contributed by atoms with Crippen molar-refractivity contribution < 1.29 is 14.3 Å². The average Bonchev–Trinajstić information content (AvgIpc) is 3.16. The number of rotatable bonds is 5. The van der Waals surface area contributed by atoms with E-state index in [1.807, 2.05) is 6.20 Å². The largest absolute Gasteiger partial charge is 0.373 e. The van der Waals surface area contributed by atoms with Gasteiger partial charge in [0.05, 0.1) is 18.3 Å². The molecule has 1 aliphatic carbocycles. The van der Waals surface area contributed by atoms with Crippen LogP contribution in [0.15, 0.2) is 12.4 Å². The van der Waals surface area contributed by atoms with E-state index in [2.05, 4.69) is 20.8 Å². The molecule has 25 heavy (non-hydrogen) atoms. The van der Waals surface area contributed by atoms with Crippen LogP contribution < -0.4 is 10.6 Å². The Balaban J connectivity index is 1.18. The zero-order chi connectivity index (χ0) is 17.2. The summed E-state index contributed by atoms with van der Waals surface area (Å²) < 4.78 is 5.77. The van der Waals surface area contributed by atoms with Crippen LogP contribution in [0.3, 0.4) is 0 Å².